The normalized spacial score (nSPS) is 12.2. The number of rotatable bonds is 4. The van der Waals surface area contributed by atoms with Crippen molar-refractivity contribution in [2.45, 2.75) is 18.2 Å². The Morgan fingerprint density at radius 2 is 1.77 bits per heavy atom. The first kappa shape index (κ1) is 21.9. The Hall–Kier alpha value is -2.77. The minimum atomic E-state index is -4.98. The Morgan fingerprint density at radius 1 is 1.10 bits per heavy atom. The van der Waals surface area contributed by atoms with Crippen LogP contribution < -0.4 is 14.7 Å². The van der Waals surface area contributed by atoms with Gasteiger partial charge in [0.25, 0.3) is 0 Å². The summed E-state index contributed by atoms with van der Waals surface area (Å²) in [7, 11) is -4.54. The number of nitrogens with zero attached hydrogens (tertiary/aromatic N) is 1. The highest BCUT2D eigenvalue weighted by molar-refractivity contribution is 7.89. The van der Waals surface area contributed by atoms with E-state index >= 15 is 0 Å². The van der Waals surface area contributed by atoms with Crippen molar-refractivity contribution in [3.63, 3.8) is 0 Å². The van der Waals surface area contributed by atoms with Crippen LogP contribution in [0.1, 0.15) is 5.56 Å². The molecule has 0 fully saturated rings. The predicted octanol–water partition coefficient (Wildman–Crippen LogP) is 3.70. The third kappa shape index (κ3) is 4.37. The Morgan fingerprint density at radius 3 is 2.37 bits per heavy atom. The van der Waals surface area contributed by atoms with E-state index in [4.69, 9.17) is 5.14 Å². The summed E-state index contributed by atoms with van der Waals surface area (Å²) in [6.45, 7) is 1.35. The molecule has 3 rings (SSSR count). The van der Waals surface area contributed by atoms with Gasteiger partial charge in [-0.3, -0.25) is 9.36 Å². The second-order valence-electron chi connectivity index (χ2n) is 6.03. The number of nitrogens with two attached hydrogens (primary N) is 1. The van der Waals surface area contributed by atoms with Gasteiger partial charge in [-0.25, -0.2) is 22.3 Å². The summed E-state index contributed by atoms with van der Waals surface area (Å²) >= 11 is 0.581. The Balaban J connectivity index is 2.20. The van der Waals surface area contributed by atoms with E-state index in [0.717, 1.165) is 16.0 Å². The molecule has 0 unspecified atom stereocenters. The average Bonchev–Trinajstić information content (AvgIpc) is 2.98. The van der Waals surface area contributed by atoms with E-state index in [1.807, 2.05) is 0 Å². The summed E-state index contributed by atoms with van der Waals surface area (Å²) in [5.74, 6) is -3.14. The van der Waals surface area contributed by atoms with Crippen LogP contribution in [-0.2, 0) is 10.0 Å². The number of alkyl halides is 3. The highest BCUT2D eigenvalue weighted by atomic mass is 32.2. The van der Waals surface area contributed by atoms with Crippen LogP contribution in [-0.4, -0.2) is 19.3 Å². The first-order valence-electron chi connectivity index (χ1n) is 7.87. The number of halogens is 5. The van der Waals surface area contributed by atoms with Crippen LogP contribution in [0.3, 0.4) is 0 Å². The zero-order valence-electron chi connectivity index (χ0n) is 14.8. The van der Waals surface area contributed by atoms with Crippen LogP contribution in [0.4, 0.5) is 22.0 Å². The van der Waals surface area contributed by atoms with E-state index in [1.54, 1.807) is 0 Å². The number of aromatic nitrogens is 1. The first-order chi connectivity index (χ1) is 13.8. The minimum Gasteiger partial charge on any atom is -0.405 e. The monoisotopic (exact) mass is 466 g/mol. The highest BCUT2D eigenvalue weighted by Crippen LogP contribution is 2.32. The second kappa shape index (κ2) is 7.49. The molecule has 0 aliphatic rings. The molecule has 1 heterocycles. The third-order valence-corrected chi connectivity index (χ3v) is 5.61. The van der Waals surface area contributed by atoms with Crippen molar-refractivity contribution in [2.75, 3.05) is 0 Å². The van der Waals surface area contributed by atoms with Gasteiger partial charge in [0.2, 0.25) is 10.0 Å². The molecule has 0 amide bonds. The maximum atomic E-state index is 14.5. The van der Waals surface area contributed by atoms with Crippen molar-refractivity contribution in [1.82, 2.24) is 4.57 Å². The fourth-order valence-electron chi connectivity index (χ4n) is 2.64. The van der Waals surface area contributed by atoms with E-state index in [1.165, 1.54) is 19.1 Å². The number of sulfonamides is 1. The molecular formula is C17H11F5N2O4S2. The molecule has 6 nitrogen and oxygen atoms in total. The lowest BCUT2D eigenvalue weighted by Crippen LogP contribution is -2.19. The standard InChI is InChI=1S/C17H11F5N2O4S2/c1-8-2-3-9(4-14(8)28-17(20,21)22)24-13(7-29-16(24)25)10-5-12(19)15(6-11(10)18)30(23,26)27/h2-7H,1H3,(H2,23,26,27). The molecule has 2 aromatic carbocycles. The van der Waals surface area contributed by atoms with Gasteiger partial charge in [0.15, 0.2) is 0 Å². The lowest BCUT2D eigenvalue weighted by molar-refractivity contribution is -0.274. The molecule has 1 aromatic heterocycles. The fraction of sp³-hybridized carbons (Fsp3) is 0.118. The largest absolute Gasteiger partial charge is 0.573 e. The van der Waals surface area contributed by atoms with Crippen molar-refractivity contribution in [3.8, 4) is 22.7 Å². The van der Waals surface area contributed by atoms with Crippen LogP contribution >= 0.6 is 11.3 Å². The first-order valence-corrected chi connectivity index (χ1v) is 10.3. The number of hydrogen-bond donors (Lipinski definition) is 1. The number of benzene rings is 2. The number of aryl methyl sites for hydroxylation is 1. The Bertz CT molecular complexity index is 1300. The van der Waals surface area contributed by atoms with E-state index in [-0.39, 0.29) is 16.9 Å². The number of primary sulfonamides is 1. The van der Waals surface area contributed by atoms with Crippen molar-refractivity contribution in [3.05, 3.63) is 62.6 Å². The van der Waals surface area contributed by atoms with Crippen molar-refractivity contribution < 1.29 is 35.1 Å². The molecule has 0 radical (unpaired) electrons. The molecule has 0 spiro atoms. The van der Waals surface area contributed by atoms with Crippen molar-refractivity contribution in [1.29, 1.82) is 0 Å². The van der Waals surface area contributed by atoms with Gasteiger partial charge in [-0.05, 0) is 30.7 Å². The topological polar surface area (TPSA) is 91.4 Å². The summed E-state index contributed by atoms with van der Waals surface area (Å²) in [6.07, 6.45) is -4.98. The van der Waals surface area contributed by atoms with Crippen molar-refractivity contribution in [2.24, 2.45) is 5.14 Å². The molecule has 160 valence electrons. The van der Waals surface area contributed by atoms with E-state index in [0.29, 0.717) is 23.5 Å². The zero-order chi connectivity index (χ0) is 22.4. The molecule has 3 aromatic rings. The van der Waals surface area contributed by atoms with Crippen LogP contribution in [0.5, 0.6) is 5.75 Å². The Labute approximate surface area is 170 Å². The summed E-state index contributed by atoms with van der Waals surface area (Å²) in [5.41, 5.74) is -0.673. The maximum absolute atomic E-state index is 14.5. The van der Waals surface area contributed by atoms with E-state index < -0.39 is 49.1 Å². The second-order valence-corrected chi connectivity index (χ2v) is 8.38. The van der Waals surface area contributed by atoms with Gasteiger partial charge in [0.05, 0.1) is 11.4 Å². The molecule has 30 heavy (non-hydrogen) atoms. The molecule has 0 saturated carbocycles. The van der Waals surface area contributed by atoms with E-state index in [9.17, 15) is 35.2 Å². The van der Waals surface area contributed by atoms with Crippen LogP contribution in [0.25, 0.3) is 16.9 Å². The lowest BCUT2D eigenvalue weighted by atomic mass is 10.1. The van der Waals surface area contributed by atoms with Gasteiger partial charge in [0.1, 0.15) is 22.3 Å². The molecule has 0 aliphatic heterocycles. The fourth-order valence-corrected chi connectivity index (χ4v) is 4.00. The lowest BCUT2D eigenvalue weighted by Gasteiger charge is -2.14. The molecule has 0 atom stereocenters. The van der Waals surface area contributed by atoms with Gasteiger partial charge >= 0.3 is 11.2 Å². The van der Waals surface area contributed by atoms with Gasteiger partial charge in [-0.1, -0.05) is 17.4 Å². The highest BCUT2D eigenvalue weighted by Gasteiger charge is 2.32. The van der Waals surface area contributed by atoms with Crippen molar-refractivity contribution >= 4 is 21.4 Å². The molecule has 0 saturated heterocycles. The van der Waals surface area contributed by atoms with Gasteiger partial charge < -0.3 is 4.74 Å². The van der Waals surface area contributed by atoms with E-state index in [2.05, 4.69) is 4.74 Å². The summed E-state index contributed by atoms with van der Waals surface area (Å²) in [6, 6.07) is 4.37. The van der Waals surface area contributed by atoms with Crippen LogP contribution in [0.2, 0.25) is 0 Å². The average molecular weight is 466 g/mol. The summed E-state index contributed by atoms with van der Waals surface area (Å²) in [5, 5.41) is 5.98. The third-order valence-electron chi connectivity index (χ3n) is 3.95. The van der Waals surface area contributed by atoms with Gasteiger partial charge in [0, 0.05) is 17.0 Å². The summed E-state index contributed by atoms with van der Waals surface area (Å²) in [4.78, 5) is 10.5. The maximum Gasteiger partial charge on any atom is 0.573 e. The minimum absolute atomic E-state index is 0.101. The summed E-state index contributed by atoms with van der Waals surface area (Å²) < 4.78 is 94.0. The quantitative estimate of drug-likeness (QED) is 0.594. The molecule has 2 N–H and O–H groups in total. The van der Waals surface area contributed by atoms with Crippen LogP contribution in [0, 0.1) is 18.6 Å². The molecule has 13 heteroatoms. The number of ether oxygens (including phenoxy) is 1. The van der Waals surface area contributed by atoms with Gasteiger partial charge in [-0.15, -0.1) is 13.2 Å². The zero-order valence-corrected chi connectivity index (χ0v) is 16.5. The number of hydrogen-bond acceptors (Lipinski definition) is 5. The number of thiazole rings is 1. The van der Waals surface area contributed by atoms with Crippen LogP contribution in [0.15, 0.2) is 45.4 Å². The molecule has 0 aliphatic carbocycles. The van der Waals surface area contributed by atoms with Gasteiger partial charge in [-0.2, -0.15) is 0 Å². The predicted molar refractivity (Wildman–Crippen MR) is 98.1 cm³/mol. The Kier molecular flexibility index (Phi) is 5.47. The smallest absolute Gasteiger partial charge is 0.405 e. The molecular weight excluding hydrogens is 455 g/mol. The SMILES string of the molecule is Cc1ccc(-n2c(-c3cc(F)c(S(N)(=O)=O)cc3F)csc2=O)cc1OC(F)(F)F. The molecule has 0 bridgehead atoms.